The van der Waals surface area contributed by atoms with E-state index in [1.54, 1.807) is 42.3 Å². The van der Waals surface area contributed by atoms with E-state index < -0.39 is 0 Å². The van der Waals surface area contributed by atoms with Gasteiger partial charge < -0.3 is 39.4 Å². The van der Waals surface area contributed by atoms with E-state index in [4.69, 9.17) is 9.47 Å². The number of para-hydroxylation sites is 1. The van der Waals surface area contributed by atoms with Gasteiger partial charge >= 0.3 is 0 Å². The van der Waals surface area contributed by atoms with Gasteiger partial charge in [-0.2, -0.15) is 0 Å². The molecule has 12 heteroatoms. The summed E-state index contributed by atoms with van der Waals surface area (Å²) in [4.78, 5) is 55.0. The highest BCUT2D eigenvalue weighted by atomic mass is 16.5. The van der Waals surface area contributed by atoms with Gasteiger partial charge in [0.1, 0.15) is 17.0 Å². The third kappa shape index (κ3) is 8.50. The molecule has 0 unspecified atom stereocenters. The van der Waals surface area contributed by atoms with E-state index in [1.165, 1.54) is 7.11 Å². The van der Waals surface area contributed by atoms with Gasteiger partial charge in [-0.25, -0.2) is 4.98 Å². The molecule has 0 atom stereocenters. The van der Waals surface area contributed by atoms with Gasteiger partial charge in [-0.3, -0.25) is 14.4 Å². The topological polar surface area (TPSA) is 123 Å². The number of amides is 3. The van der Waals surface area contributed by atoms with Gasteiger partial charge in [0.15, 0.2) is 0 Å². The second kappa shape index (κ2) is 15.9. The first-order valence-electron chi connectivity index (χ1n) is 16.7. The van der Waals surface area contributed by atoms with Gasteiger partial charge in [0, 0.05) is 59.3 Å². The average molecular weight is 670 g/mol. The van der Waals surface area contributed by atoms with Gasteiger partial charge in [0.25, 0.3) is 11.8 Å². The van der Waals surface area contributed by atoms with Crippen LogP contribution in [-0.2, 0) is 4.79 Å². The van der Waals surface area contributed by atoms with Crippen molar-refractivity contribution in [2.24, 2.45) is 0 Å². The van der Waals surface area contributed by atoms with Gasteiger partial charge in [-0.15, -0.1) is 0 Å². The van der Waals surface area contributed by atoms with Crippen LogP contribution < -0.4 is 24.6 Å². The van der Waals surface area contributed by atoms with E-state index in [9.17, 15) is 14.4 Å². The Labute approximate surface area is 288 Å². The summed E-state index contributed by atoms with van der Waals surface area (Å²) in [7, 11) is 9.03. The van der Waals surface area contributed by atoms with E-state index in [-0.39, 0.29) is 17.7 Å². The number of anilines is 3. The summed E-state index contributed by atoms with van der Waals surface area (Å²) >= 11 is 0. The number of rotatable bonds is 13. The van der Waals surface area contributed by atoms with Crippen molar-refractivity contribution < 1.29 is 23.9 Å². The minimum atomic E-state index is -0.347. The Balaban J connectivity index is 1.20. The van der Waals surface area contributed by atoms with Crippen LogP contribution in [0.2, 0.25) is 0 Å². The van der Waals surface area contributed by atoms with Gasteiger partial charge in [-0.1, -0.05) is 12.1 Å². The van der Waals surface area contributed by atoms with E-state index in [1.807, 2.05) is 55.1 Å². The van der Waals surface area contributed by atoms with Crippen LogP contribution in [0.15, 0.2) is 54.6 Å². The van der Waals surface area contributed by atoms with Crippen molar-refractivity contribution in [2.45, 2.75) is 32.6 Å². The molecule has 1 aliphatic rings. The molecule has 3 aromatic carbocycles. The maximum atomic E-state index is 13.7. The molecule has 260 valence electrons. The minimum Gasteiger partial charge on any atom is -0.495 e. The first kappa shape index (κ1) is 35.2. The Bertz CT molecular complexity index is 1800. The van der Waals surface area contributed by atoms with Gasteiger partial charge in [0.2, 0.25) is 11.9 Å². The summed E-state index contributed by atoms with van der Waals surface area (Å²) in [6, 6.07) is 16.1. The number of fused-ring (bicyclic) bond motifs is 1. The third-order valence-corrected chi connectivity index (χ3v) is 8.79. The zero-order valence-corrected chi connectivity index (χ0v) is 29.3. The van der Waals surface area contributed by atoms with E-state index in [0.29, 0.717) is 58.5 Å². The van der Waals surface area contributed by atoms with Crippen LogP contribution in [0, 0.1) is 6.92 Å². The normalized spacial score (nSPS) is 13.3. The standard InChI is InChI=1S/C37H47N7O5/c1-25-14-17-30(32(23-25)49-22-9-7-8-13-33(45)44-20-18-42(4)19-21-44)43(5)36(47)26-15-16-28(31(24-26)48-6)38-35(46)27-11-10-12-29-34(27)40-37(39-29)41(2)3/h10-12,14-17,23-24H,7-9,13,18-22H2,1-6H3,(H,38,46)(H,39,40). The van der Waals surface area contributed by atoms with Crippen molar-refractivity contribution in [1.29, 1.82) is 0 Å². The van der Waals surface area contributed by atoms with Crippen molar-refractivity contribution in [3.63, 3.8) is 0 Å². The Kier molecular flexibility index (Phi) is 11.4. The van der Waals surface area contributed by atoms with Crippen molar-refractivity contribution in [2.75, 3.05) is 83.2 Å². The second-order valence-corrected chi connectivity index (χ2v) is 12.7. The lowest BCUT2D eigenvalue weighted by Gasteiger charge is -2.32. The van der Waals surface area contributed by atoms with E-state index >= 15 is 0 Å². The number of H-pyrrole nitrogens is 1. The number of imidazole rings is 1. The molecular weight excluding hydrogens is 622 g/mol. The van der Waals surface area contributed by atoms with Crippen molar-refractivity contribution in [3.05, 3.63) is 71.3 Å². The zero-order chi connectivity index (χ0) is 35.1. The molecule has 0 aliphatic carbocycles. The van der Waals surface area contributed by atoms with Crippen LogP contribution in [0.3, 0.4) is 0 Å². The third-order valence-electron chi connectivity index (χ3n) is 8.79. The molecule has 0 saturated carbocycles. The predicted molar refractivity (Wildman–Crippen MR) is 193 cm³/mol. The Hall–Kier alpha value is -5.10. The Morgan fingerprint density at radius 3 is 2.45 bits per heavy atom. The highest BCUT2D eigenvalue weighted by molar-refractivity contribution is 6.13. The molecule has 49 heavy (non-hydrogen) atoms. The minimum absolute atomic E-state index is 0.229. The molecule has 2 heterocycles. The second-order valence-electron chi connectivity index (χ2n) is 12.7. The first-order valence-corrected chi connectivity index (χ1v) is 16.7. The number of nitrogens with zero attached hydrogens (tertiary/aromatic N) is 5. The molecule has 3 amide bonds. The van der Waals surface area contributed by atoms with Crippen molar-refractivity contribution >= 4 is 46.1 Å². The summed E-state index contributed by atoms with van der Waals surface area (Å²) in [5, 5.41) is 2.91. The number of piperazine rings is 1. The maximum Gasteiger partial charge on any atom is 0.258 e. The van der Waals surface area contributed by atoms with Crippen LogP contribution in [-0.4, -0.2) is 106 Å². The van der Waals surface area contributed by atoms with Crippen LogP contribution in [0.1, 0.15) is 52.0 Å². The summed E-state index contributed by atoms with van der Waals surface area (Å²) in [5.74, 6) is 1.23. The molecule has 5 rings (SSSR count). The maximum absolute atomic E-state index is 13.7. The molecule has 2 N–H and O–H groups in total. The highest BCUT2D eigenvalue weighted by Gasteiger charge is 2.22. The predicted octanol–water partition coefficient (Wildman–Crippen LogP) is 5.19. The molecule has 1 aliphatic heterocycles. The molecule has 4 aromatic rings. The van der Waals surface area contributed by atoms with Crippen molar-refractivity contribution in [3.8, 4) is 11.5 Å². The summed E-state index contributed by atoms with van der Waals surface area (Å²) in [5.41, 5.74) is 4.19. The number of aromatic nitrogens is 2. The molecule has 1 aromatic heterocycles. The lowest BCUT2D eigenvalue weighted by atomic mass is 10.1. The van der Waals surface area contributed by atoms with Crippen LogP contribution >= 0.6 is 0 Å². The molecule has 0 radical (unpaired) electrons. The fourth-order valence-electron chi connectivity index (χ4n) is 5.80. The number of hydrogen-bond donors (Lipinski definition) is 2. The number of likely N-dealkylation sites (N-methyl/N-ethyl adjacent to an activating group) is 1. The smallest absolute Gasteiger partial charge is 0.258 e. The quantitative estimate of drug-likeness (QED) is 0.187. The van der Waals surface area contributed by atoms with Crippen LogP contribution in [0.5, 0.6) is 11.5 Å². The number of unbranched alkanes of at least 4 members (excludes halogenated alkanes) is 2. The number of aryl methyl sites for hydroxylation is 1. The lowest BCUT2D eigenvalue weighted by Crippen LogP contribution is -2.47. The van der Waals surface area contributed by atoms with E-state index in [0.717, 1.165) is 56.5 Å². The number of ether oxygens (including phenoxy) is 2. The summed E-state index contributed by atoms with van der Waals surface area (Å²) < 4.78 is 11.8. The molecule has 0 bridgehead atoms. The number of nitrogens with one attached hydrogen (secondary N) is 2. The number of benzene rings is 3. The molecule has 0 spiro atoms. The number of carbonyl (C=O) groups is 3. The van der Waals surface area contributed by atoms with Crippen molar-refractivity contribution in [1.82, 2.24) is 19.8 Å². The lowest BCUT2D eigenvalue weighted by molar-refractivity contribution is -0.132. The number of hydrogen-bond acceptors (Lipinski definition) is 8. The monoisotopic (exact) mass is 669 g/mol. The largest absolute Gasteiger partial charge is 0.495 e. The highest BCUT2D eigenvalue weighted by Crippen LogP contribution is 2.32. The molecular formula is C37H47N7O5. The number of carbonyl (C=O) groups excluding carboxylic acids is 3. The Morgan fingerprint density at radius 1 is 0.939 bits per heavy atom. The molecule has 12 nitrogen and oxygen atoms in total. The fraction of sp³-hybridized carbons (Fsp3) is 0.405. The molecule has 1 fully saturated rings. The average Bonchev–Trinajstić information content (AvgIpc) is 3.55. The Morgan fingerprint density at radius 2 is 1.71 bits per heavy atom. The van der Waals surface area contributed by atoms with Crippen LogP contribution in [0.25, 0.3) is 11.0 Å². The number of methoxy groups -OCH3 is 1. The summed E-state index contributed by atoms with van der Waals surface area (Å²) in [6.45, 7) is 5.91. The molecule has 1 saturated heterocycles. The fourth-order valence-corrected chi connectivity index (χ4v) is 5.80. The van der Waals surface area contributed by atoms with Gasteiger partial charge in [-0.05, 0) is 81.3 Å². The number of aromatic amines is 1. The van der Waals surface area contributed by atoms with Crippen LogP contribution in [0.4, 0.5) is 17.3 Å². The van der Waals surface area contributed by atoms with Gasteiger partial charge in [0.05, 0.1) is 36.2 Å². The summed E-state index contributed by atoms with van der Waals surface area (Å²) in [6.07, 6.45) is 3.06. The first-order chi connectivity index (χ1) is 23.5. The van der Waals surface area contributed by atoms with E-state index in [2.05, 4.69) is 27.2 Å². The SMILES string of the molecule is COc1cc(C(=O)N(C)c2ccc(C)cc2OCCCCCC(=O)N2CCN(C)CC2)ccc1NC(=O)c1cccc2[nH]c(N(C)C)nc12. The zero-order valence-electron chi connectivity index (χ0n) is 29.3.